The van der Waals surface area contributed by atoms with E-state index >= 15 is 0 Å². The van der Waals surface area contributed by atoms with Crippen LogP contribution in [0.1, 0.15) is 44.9 Å². The number of anilines is 1. The molecule has 0 aliphatic carbocycles. The minimum Gasteiger partial charge on any atom is -0.349 e. The van der Waals surface area contributed by atoms with E-state index in [1.807, 2.05) is 39.5 Å². The maximum Gasteiger partial charge on any atom is 0.355 e. The Balaban J connectivity index is 1.98. The molecule has 35 heavy (non-hydrogen) atoms. The molecule has 0 radical (unpaired) electrons. The van der Waals surface area contributed by atoms with Crippen molar-refractivity contribution >= 4 is 34.4 Å². The molecule has 0 bridgehead atoms. The number of rotatable bonds is 4. The normalized spacial score (nSPS) is 18.4. The van der Waals surface area contributed by atoms with Gasteiger partial charge in [-0.25, -0.2) is 18.7 Å². The Kier molecular flexibility index (Phi) is 6.64. The maximum atomic E-state index is 14.7. The molecule has 0 N–H and O–H groups in total. The number of fused-ring (bicyclic) bond motifs is 1. The number of hydrogen-bond donors (Lipinski definition) is 0. The number of aromatic nitrogens is 4. The van der Waals surface area contributed by atoms with Crippen molar-refractivity contribution in [3.63, 3.8) is 0 Å². The molecule has 2 atom stereocenters. The first-order valence-electron chi connectivity index (χ1n) is 11.5. The largest absolute Gasteiger partial charge is 0.355 e. The molecule has 1 amide bonds. The average molecular weight is 499 g/mol. The van der Waals surface area contributed by atoms with Gasteiger partial charge >= 0.3 is 5.69 Å². The molecule has 3 aromatic heterocycles. The van der Waals surface area contributed by atoms with Crippen molar-refractivity contribution < 1.29 is 9.18 Å². The number of carbonyl (C=O) groups excluding carboxylic acids is 1. The average Bonchev–Trinajstić information content (AvgIpc) is 2.81. The molecule has 184 valence electrons. The van der Waals surface area contributed by atoms with Crippen LogP contribution in [0.15, 0.2) is 35.8 Å². The predicted molar refractivity (Wildman–Crippen MR) is 135 cm³/mol. The highest BCUT2D eigenvalue weighted by Crippen LogP contribution is 2.32. The third kappa shape index (κ3) is 4.29. The predicted octanol–water partition coefficient (Wildman–Crippen LogP) is 4.01. The van der Waals surface area contributed by atoms with Crippen molar-refractivity contribution in [2.24, 2.45) is 0 Å². The fraction of sp³-hybridized carbons (Fsp3) is 0.400. The van der Waals surface area contributed by atoms with Gasteiger partial charge in [-0.1, -0.05) is 32.0 Å². The molecular weight excluding hydrogens is 471 g/mol. The number of piperazine rings is 1. The number of amides is 1. The van der Waals surface area contributed by atoms with Crippen molar-refractivity contribution in [3.8, 4) is 5.69 Å². The van der Waals surface area contributed by atoms with Crippen LogP contribution in [0.4, 0.5) is 10.2 Å². The van der Waals surface area contributed by atoms with E-state index in [-0.39, 0.29) is 34.7 Å². The SMILES string of the molecule is C=CC(=O)N1C[C@H](C)N(c2nc(=O)n(-c3c(C)ccnc3C(C)C)c3nc(Cl)c(F)cc23)C[C@H]1C. The van der Waals surface area contributed by atoms with Gasteiger partial charge in [-0.3, -0.25) is 9.78 Å². The Morgan fingerprint density at radius 2 is 1.97 bits per heavy atom. The van der Waals surface area contributed by atoms with E-state index in [9.17, 15) is 14.0 Å². The van der Waals surface area contributed by atoms with Crippen molar-refractivity contribution in [1.29, 1.82) is 0 Å². The van der Waals surface area contributed by atoms with Gasteiger partial charge in [0.25, 0.3) is 0 Å². The van der Waals surface area contributed by atoms with Crippen molar-refractivity contribution in [3.05, 3.63) is 63.7 Å². The number of nitrogens with zero attached hydrogens (tertiary/aromatic N) is 6. The van der Waals surface area contributed by atoms with E-state index < -0.39 is 11.5 Å². The highest BCUT2D eigenvalue weighted by molar-refractivity contribution is 6.30. The molecule has 3 aromatic rings. The molecule has 4 rings (SSSR count). The standard InChI is InChI=1S/C25H28ClFN6O2/c1-7-19(34)31-11-16(6)32(12-15(31)5)23-17-10-18(27)22(26)29-24(17)33(25(35)30-23)21-14(4)8-9-28-20(21)13(2)3/h7-10,13,15-16H,1,11-12H2,2-6H3/t15-,16+/m1/s1. The van der Waals surface area contributed by atoms with E-state index in [2.05, 4.69) is 21.5 Å². The van der Waals surface area contributed by atoms with Gasteiger partial charge < -0.3 is 9.80 Å². The first-order valence-corrected chi connectivity index (χ1v) is 11.9. The molecular formula is C25H28ClFN6O2. The lowest BCUT2D eigenvalue weighted by molar-refractivity contribution is -0.128. The summed E-state index contributed by atoms with van der Waals surface area (Å²) in [6.45, 7) is 14.1. The highest BCUT2D eigenvalue weighted by Gasteiger charge is 2.34. The summed E-state index contributed by atoms with van der Waals surface area (Å²) in [5.41, 5.74) is 1.71. The Morgan fingerprint density at radius 1 is 1.26 bits per heavy atom. The van der Waals surface area contributed by atoms with Gasteiger partial charge in [-0.2, -0.15) is 4.98 Å². The number of pyridine rings is 2. The Labute approximate surface area is 208 Å². The molecule has 0 saturated carbocycles. The zero-order valence-electron chi connectivity index (χ0n) is 20.4. The summed E-state index contributed by atoms with van der Waals surface area (Å²) in [6.07, 6.45) is 2.98. The minimum absolute atomic E-state index is 0.0128. The second-order valence-corrected chi connectivity index (χ2v) is 9.61. The fourth-order valence-corrected chi connectivity index (χ4v) is 4.77. The lowest BCUT2D eigenvalue weighted by Crippen LogP contribution is -2.58. The number of carbonyl (C=O) groups is 1. The van der Waals surface area contributed by atoms with Gasteiger partial charge in [0.15, 0.2) is 16.6 Å². The zero-order valence-corrected chi connectivity index (χ0v) is 21.2. The molecule has 0 unspecified atom stereocenters. The quantitative estimate of drug-likeness (QED) is 0.399. The number of halogens is 2. The van der Waals surface area contributed by atoms with Gasteiger partial charge in [0.1, 0.15) is 5.82 Å². The van der Waals surface area contributed by atoms with E-state index in [1.54, 1.807) is 17.2 Å². The molecule has 0 spiro atoms. The van der Waals surface area contributed by atoms with Crippen molar-refractivity contribution in [1.82, 2.24) is 24.4 Å². The molecule has 1 saturated heterocycles. The summed E-state index contributed by atoms with van der Waals surface area (Å²) in [7, 11) is 0. The minimum atomic E-state index is -0.708. The van der Waals surface area contributed by atoms with E-state index in [4.69, 9.17) is 11.6 Å². The zero-order chi connectivity index (χ0) is 25.6. The van der Waals surface area contributed by atoms with Crippen LogP contribution in [0.3, 0.4) is 0 Å². The van der Waals surface area contributed by atoms with Gasteiger partial charge in [0, 0.05) is 31.4 Å². The lowest BCUT2D eigenvalue weighted by Gasteiger charge is -2.44. The molecule has 0 aromatic carbocycles. The molecule has 4 heterocycles. The van der Waals surface area contributed by atoms with Crippen LogP contribution in [0.2, 0.25) is 5.15 Å². The second kappa shape index (κ2) is 9.37. The first kappa shape index (κ1) is 24.8. The topological polar surface area (TPSA) is 84.2 Å². The van der Waals surface area contributed by atoms with Gasteiger partial charge in [0.05, 0.1) is 16.8 Å². The van der Waals surface area contributed by atoms with Crippen LogP contribution in [-0.4, -0.2) is 55.5 Å². The maximum absolute atomic E-state index is 14.7. The van der Waals surface area contributed by atoms with Gasteiger partial charge in [0.2, 0.25) is 5.91 Å². The number of hydrogen-bond acceptors (Lipinski definition) is 6. The first-order chi connectivity index (χ1) is 16.5. The summed E-state index contributed by atoms with van der Waals surface area (Å²) >= 11 is 6.10. The monoisotopic (exact) mass is 498 g/mol. The Bertz CT molecular complexity index is 1390. The molecule has 1 aliphatic rings. The summed E-state index contributed by atoms with van der Waals surface area (Å²) in [5.74, 6) is -0.550. The summed E-state index contributed by atoms with van der Waals surface area (Å²) in [4.78, 5) is 42.7. The Hall–Kier alpha value is -3.33. The Morgan fingerprint density at radius 3 is 2.63 bits per heavy atom. The summed E-state index contributed by atoms with van der Waals surface area (Å²) < 4.78 is 16.1. The molecule has 10 heteroatoms. The van der Waals surface area contributed by atoms with Crippen LogP contribution in [0, 0.1) is 12.7 Å². The molecule has 8 nitrogen and oxygen atoms in total. The third-order valence-electron chi connectivity index (χ3n) is 6.40. The van der Waals surface area contributed by atoms with Gasteiger partial charge in [-0.15, -0.1) is 0 Å². The van der Waals surface area contributed by atoms with Gasteiger partial charge in [-0.05, 0) is 50.5 Å². The van der Waals surface area contributed by atoms with Crippen molar-refractivity contribution in [2.45, 2.75) is 52.6 Å². The van der Waals surface area contributed by atoms with Crippen LogP contribution in [-0.2, 0) is 4.79 Å². The van der Waals surface area contributed by atoms with Crippen LogP contribution in [0.5, 0.6) is 0 Å². The van der Waals surface area contributed by atoms with Crippen molar-refractivity contribution in [2.75, 3.05) is 18.0 Å². The van der Waals surface area contributed by atoms with E-state index in [1.165, 1.54) is 16.7 Å². The summed E-state index contributed by atoms with van der Waals surface area (Å²) in [6, 6.07) is 2.71. The molecule has 1 aliphatic heterocycles. The summed E-state index contributed by atoms with van der Waals surface area (Å²) in [5, 5.41) is 0.0188. The van der Waals surface area contributed by atoms with E-state index in [0.29, 0.717) is 35.7 Å². The smallest absolute Gasteiger partial charge is 0.349 e. The van der Waals surface area contributed by atoms with Crippen LogP contribution in [0.25, 0.3) is 16.7 Å². The third-order valence-corrected chi connectivity index (χ3v) is 6.66. The second-order valence-electron chi connectivity index (χ2n) is 9.25. The fourth-order valence-electron chi connectivity index (χ4n) is 4.64. The molecule has 1 fully saturated rings. The van der Waals surface area contributed by atoms with Crippen LogP contribution >= 0.6 is 11.6 Å². The lowest BCUT2D eigenvalue weighted by atomic mass is 10.0. The van der Waals surface area contributed by atoms with E-state index in [0.717, 1.165) is 5.56 Å². The number of aryl methyl sites for hydroxylation is 1. The van der Waals surface area contributed by atoms with Crippen LogP contribution < -0.4 is 10.6 Å². The highest BCUT2D eigenvalue weighted by atomic mass is 35.5.